The molecule has 0 saturated heterocycles. The quantitative estimate of drug-likeness (QED) is 0.753. The number of hydrogen-bond donors (Lipinski definition) is 3. The molecule has 0 amide bonds. The molecule has 0 radical (unpaired) electrons. The van der Waals surface area contributed by atoms with E-state index in [0.717, 1.165) is 0 Å². The van der Waals surface area contributed by atoms with Gasteiger partial charge in [0.25, 0.3) is 0 Å². The van der Waals surface area contributed by atoms with Gasteiger partial charge < -0.3 is 20.3 Å². The molecule has 0 fully saturated rings. The van der Waals surface area contributed by atoms with Gasteiger partial charge in [-0.1, -0.05) is 0 Å². The van der Waals surface area contributed by atoms with Crippen molar-refractivity contribution in [2.75, 3.05) is 25.6 Å². The molecule has 0 aliphatic carbocycles. The molecular weight excluding hydrogens is 248 g/mol. The van der Waals surface area contributed by atoms with Gasteiger partial charge in [0.1, 0.15) is 17.1 Å². The summed E-state index contributed by atoms with van der Waals surface area (Å²) in [5.74, 6) is -0.177. The summed E-state index contributed by atoms with van der Waals surface area (Å²) in [7, 11) is 1.55. The lowest BCUT2D eigenvalue weighted by Crippen LogP contribution is -2.12. The van der Waals surface area contributed by atoms with Crippen LogP contribution in [0.15, 0.2) is 24.3 Å². The number of aliphatic hydroxyl groups excluding tert-OH is 1. The number of ether oxygens (including phenoxy) is 1. The van der Waals surface area contributed by atoms with Crippen molar-refractivity contribution in [3.05, 3.63) is 29.8 Å². The molecule has 1 aromatic heterocycles. The first-order valence-corrected chi connectivity index (χ1v) is 5.72. The Bertz CT molecular complexity index is 613. The third-order valence-corrected chi connectivity index (χ3v) is 2.66. The number of carboxylic acid groups (broad SMARTS) is 1. The summed E-state index contributed by atoms with van der Waals surface area (Å²) < 4.78 is 5.10. The van der Waals surface area contributed by atoms with Gasteiger partial charge in [-0.25, -0.2) is 9.78 Å². The van der Waals surface area contributed by atoms with Crippen molar-refractivity contribution in [2.24, 2.45) is 0 Å². The van der Waals surface area contributed by atoms with Crippen molar-refractivity contribution < 1.29 is 19.7 Å². The molecule has 2 aromatic rings. The van der Waals surface area contributed by atoms with Gasteiger partial charge in [0.15, 0.2) is 0 Å². The van der Waals surface area contributed by atoms with Crippen molar-refractivity contribution in [1.82, 2.24) is 4.98 Å². The number of pyridine rings is 1. The summed E-state index contributed by atoms with van der Waals surface area (Å²) in [6.07, 6.45) is 0. The van der Waals surface area contributed by atoms with Gasteiger partial charge in [-0.15, -0.1) is 0 Å². The van der Waals surface area contributed by atoms with Gasteiger partial charge in [0, 0.05) is 18.0 Å². The maximum absolute atomic E-state index is 11.2. The summed E-state index contributed by atoms with van der Waals surface area (Å²) in [6, 6.07) is 6.77. The number of aliphatic hydroxyl groups is 1. The van der Waals surface area contributed by atoms with E-state index in [1.54, 1.807) is 31.4 Å². The molecule has 1 heterocycles. The van der Waals surface area contributed by atoms with Gasteiger partial charge in [-0.2, -0.15) is 0 Å². The first kappa shape index (κ1) is 13.1. The van der Waals surface area contributed by atoms with Crippen molar-refractivity contribution >= 4 is 22.7 Å². The summed E-state index contributed by atoms with van der Waals surface area (Å²) >= 11 is 0. The highest BCUT2D eigenvalue weighted by molar-refractivity contribution is 5.98. The number of hydrogen-bond acceptors (Lipinski definition) is 5. The second kappa shape index (κ2) is 5.53. The van der Waals surface area contributed by atoms with E-state index in [2.05, 4.69) is 10.3 Å². The maximum atomic E-state index is 11.2. The number of rotatable bonds is 5. The van der Waals surface area contributed by atoms with Crippen LogP contribution >= 0.6 is 0 Å². The Kier molecular flexibility index (Phi) is 3.82. The molecule has 0 aliphatic heterocycles. The zero-order chi connectivity index (χ0) is 13.8. The van der Waals surface area contributed by atoms with Crippen LogP contribution in [-0.4, -0.2) is 41.4 Å². The number of benzene rings is 1. The van der Waals surface area contributed by atoms with Crippen LogP contribution in [0.4, 0.5) is 5.82 Å². The van der Waals surface area contributed by atoms with Crippen LogP contribution in [0.3, 0.4) is 0 Å². The number of carboxylic acids is 1. The topological polar surface area (TPSA) is 91.7 Å². The fourth-order valence-electron chi connectivity index (χ4n) is 1.75. The van der Waals surface area contributed by atoms with E-state index in [9.17, 15) is 4.79 Å². The first-order chi connectivity index (χ1) is 9.15. The Morgan fingerprint density at radius 1 is 1.42 bits per heavy atom. The van der Waals surface area contributed by atoms with Crippen LogP contribution in [0.1, 0.15) is 10.4 Å². The molecular formula is C13H14N2O4. The normalized spacial score (nSPS) is 10.4. The molecule has 0 saturated carbocycles. The van der Waals surface area contributed by atoms with E-state index in [4.69, 9.17) is 14.9 Å². The van der Waals surface area contributed by atoms with Crippen LogP contribution in [0, 0.1) is 0 Å². The molecule has 0 unspecified atom stereocenters. The van der Waals surface area contributed by atoms with Crippen molar-refractivity contribution in [3.8, 4) is 5.75 Å². The predicted octanol–water partition coefficient (Wildman–Crippen LogP) is 1.35. The molecule has 2 rings (SSSR count). The van der Waals surface area contributed by atoms with Gasteiger partial charge in [0.2, 0.25) is 0 Å². The monoisotopic (exact) mass is 262 g/mol. The molecule has 0 aliphatic rings. The smallest absolute Gasteiger partial charge is 0.339 e. The van der Waals surface area contributed by atoms with E-state index in [-0.39, 0.29) is 24.5 Å². The summed E-state index contributed by atoms with van der Waals surface area (Å²) in [5.41, 5.74) is 0.705. The molecule has 19 heavy (non-hydrogen) atoms. The van der Waals surface area contributed by atoms with Gasteiger partial charge in [-0.3, -0.25) is 0 Å². The van der Waals surface area contributed by atoms with Crippen LogP contribution < -0.4 is 10.1 Å². The highest BCUT2D eigenvalue weighted by Gasteiger charge is 2.13. The summed E-state index contributed by atoms with van der Waals surface area (Å²) in [5, 5.41) is 21.5. The number of fused-ring (bicyclic) bond motifs is 1. The molecule has 0 spiro atoms. The lowest BCUT2D eigenvalue weighted by molar-refractivity contribution is 0.0697. The lowest BCUT2D eigenvalue weighted by Gasteiger charge is -2.10. The zero-order valence-corrected chi connectivity index (χ0v) is 10.4. The number of aromatic carboxylic acids is 1. The molecule has 1 aromatic carbocycles. The lowest BCUT2D eigenvalue weighted by atomic mass is 10.1. The summed E-state index contributed by atoms with van der Waals surface area (Å²) in [6.45, 7) is 0.139. The SMILES string of the molecule is COc1ccc2cc(C(=O)O)c(NCCO)nc2c1. The number of carbonyl (C=O) groups is 1. The van der Waals surface area contributed by atoms with E-state index >= 15 is 0 Å². The van der Waals surface area contributed by atoms with Gasteiger partial charge in [0.05, 0.1) is 19.2 Å². The standard InChI is InChI=1S/C13H14N2O4/c1-19-9-3-2-8-6-10(13(17)18)12(14-4-5-16)15-11(8)7-9/h2-3,6-7,16H,4-5H2,1H3,(H,14,15)(H,17,18). The second-order valence-electron chi connectivity index (χ2n) is 3.90. The van der Waals surface area contributed by atoms with Gasteiger partial charge >= 0.3 is 5.97 Å². The third kappa shape index (κ3) is 2.74. The molecule has 6 nitrogen and oxygen atoms in total. The molecule has 100 valence electrons. The predicted molar refractivity (Wildman–Crippen MR) is 70.8 cm³/mol. The van der Waals surface area contributed by atoms with E-state index in [1.165, 1.54) is 0 Å². The molecule has 0 bridgehead atoms. The maximum Gasteiger partial charge on any atom is 0.339 e. The van der Waals surface area contributed by atoms with E-state index in [0.29, 0.717) is 16.7 Å². The van der Waals surface area contributed by atoms with Crippen molar-refractivity contribution in [3.63, 3.8) is 0 Å². The van der Waals surface area contributed by atoms with Crippen LogP contribution in [-0.2, 0) is 0 Å². The Morgan fingerprint density at radius 2 is 2.21 bits per heavy atom. The average molecular weight is 262 g/mol. The number of nitrogens with zero attached hydrogens (tertiary/aromatic N) is 1. The average Bonchev–Trinajstić information content (AvgIpc) is 2.43. The Labute approximate surface area is 109 Å². The Morgan fingerprint density at radius 3 is 2.84 bits per heavy atom. The molecule has 0 atom stereocenters. The Balaban J connectivity index is 2.55. The zero-order valence-electron chi connectivity index (χ0n) is 10.4. The summed E-state index contributed by atoms with van der Waals surface area (Å²) in [4.78, 5) is 15.4. The minimum Gasteiger partial charge on any atom is -0.497 e. The minimum absolute atomic E-state index is 0.0751. The minimum atomic E-state index is -1.06. The van der Waals surface area contributed by atoms with Gasteiger partial charge in [-0.05, 0) is 18.2 Å². The molecule has 3 N–H and O–H groups in total. The molecule has 6 heteroatoms. The van der Waals surface area contributed by atoms with Crippen LogP contribution in [0.5, 0.6) is 5.75 Å². The highest BCUT2D eigenvalue weighted by Crippen LogP contribution is 2.24. The van der Waals surface area contributed by atoms with Crippen molar-refractivity contribution in [1.29, 1.82) is 0 Å². The van der Waals surface area contributed by atoms with Crippen LogP contribution in [0.25, 0.3) is 10.9 Å². The number of anilines is 1. The Hall–Kier alpha value is -2.34. The largest absolute Gasteiger partial charge is 0.497 e. The first-order valence-electron chi connectivity index (χ1n) is 5.72. The second-order valence-corrected chi connectivity index (χ2v) is 3.90. The number of methoxy groups -OCH3 is 1. The van der Waals surface area contributed by atoms with Crippen LogP contribution in [0.2, 0.25) is 0 Å². The number of aromatic nitrogens is 1. The fourth-order valence-corrected chi connectivity index (χ4v) is 1.75. The fraction of sp³-hybridized carbons (Fsp3) is 0.231. The van der Waals surface area contributed by atoms with E-state index < -0.39 is 5.97 Å². The van der Waals surface area contributed by atoms with Crippen molar-refractivity contribution in [2.45, 2.75) is 0 Å². The highest BCUT2D eigenvalue weighted by atomic mass is 16.5. The third-order valence-electron chi connectivity index (χ3n) is 2.66. The van der Waals surface area contributed by atoms with E-state index in [1.807, 2.05) is 0 Å². The number of nitrogens with one attached hydrogen (secondary N) is 1.